The predicted molar refractivity (Wildman–Crippen MR) is 59.3 cm³/mol. The van der Waals surface area contributed by atoms with Crippen molar-refractivity contribution in [2.75, 3.05) is 0 Å². The standard InChI is InChI=1S/C12H24O2/c1-6-7-8-10(11(13)14)9(2)12(3,4)5/h9-10H,6-8H2,1-5H3,(H,13,14). The fraction of sp³-hybridized carbons (Fsp3) is 0.917. The first-order valence-electron chi connectivity index (χ1n) is 5.53. The number of carboxylic acid groups (broad SMARTS) is 1. The number of carboxylic acids is 1. The van der Waals surface area contributed by atoms with E-state index in [2.05, 4.69) is 34.6 Å². The summed E-state index contributed by atoms with van der Waals surface area (Å²) < 4.78 is 0. The van der Waals surface area contributed by atoms with E-state index < -0.39 is 5.97 Å². The maximum Gasteiger partial charge on any atom is 0.306 e. The quantitative estimate of drug-likeness (QED) is 0.736. The Bertz CT molecular complexity index is 179. The Kier molecular flexibility index (Phi) is 5.17. The Balaban J connectivity index is 4.41. The molecule has 2 nitrogen and oxygen atoms in total. The van der Waals surface area contributed by atoms with E-state index in [1.807, 2.05) is 0 Å². The van der Waals surface area contributed by atoms with Gasteiger partial charge >= 0.3 is 5.97 Å². The van der Waals surface area contributed by atoms with Crippen molar-refractivity contribution in [3.8, 4) is 0 Å². The summed E-state index contributed by atoms with van der Waals surface area (Å²) in [7, 11) is 0. The summed E-state index contributed by atoms with van der Waals surface area (Å²) in [5, 5.41) is 9.13. The molecule has 0 bridgehead atoms. The van der Waals surface area contributed by atoms with Crippen LogP contribution in [-0.4, -0.2) is 11.1 Å². The molecule has 0 heterocycles. The summed E-state index contributed by atoms with van der Waals surface area (Å²) in [4.78, 5) is 11.1. The lowest BCUT2D eigenvalue weighted by Gasteiger charge is -2.32. The monoisotopic (exact) mass is 200 g/mol. The van der Waals surface area contributed by atoms with Crippen LogP contribution in [0.1, 0.15) is 53.9 Å². The Morgan fingerprint density at radius 2 is 1.86 bits per heavy atom. The van der Waals surface area contributed by atoms with Gasteiger partial charge in [0, 0.05) is 0 Å². The lowest BCUT2D eigenvalue weighted by atomic mass is 9.73. The summed E-state index contributed by atoms with van der Waals surface area (Å²) in [6, 6.07) is 0. The second-order valence-corrected chi connectivity index (χ2v) is 5.24. The molecule has 0 saturated carbocycles. The minimum absolute atomic E-state index is 0.0802. The molecule has 0 aliphatic rings. The zero-order valence-corrected chi connectivity index (χ0v) is 10.1. The van der Waals surface area contributed by atoms with E-state index in [0.717, 1.165) is 19.3 Å². The molecule has 0 aliphatic heterocycles. The third-order valence-electron chi connectivity index (χ3n) is 3.16. The van der Waals surface area contributed by atoms with Crippen LogP contribution in [-0.2, 0) is 4.79 Å². The molecule has 2 atom stereocenters. The van der Waals surface area contributed by atoms with Crippen molar-refractivity contribution in [2.45, 2.75) is 53.9 Å². The van der Waals surface area contributed by atoms with Crippen LogP contribution >= 0.6 is 0 Å². The van der Waals surface area contributed by atoms with Gasteiger partial charge in [0.2, 0.25) is 0 Å². The largest absolute Gasteiger partial charge is 0.481 e. The van der Waals surface area contributed by atoms with Crippen molar-refractivity contribution in [1.82, 2.24) is 0 Å². The first-order valence-corrected chi connectivity index (χ1v) is 5.53. The number of hydrogen-bond acceptors (Lipinski definition) is 1. The molecule has 0 aromatic rings. The van der Waals surface area contributed by atoms with Crippen LogP contribution in [0.15, 0.2) is 0 Å². The maximum atomic E-state index is 11.1. The SMILES string of the molecule is CCCCC(C(=O)O)C(C)C(C)(C)C. The zero-order chi connectivity index (χ0) is 11.4. The average Bonchev–Trinajstić information content (AvgIpc) is 2.02. The molecule has 0 spiro atoms. The highest BCUT2D eigenvalue weighted by atomic mass is 16.4. The van der Waals surface area contributed by atoms with Crippen LogP contribution in [0.4, 0.5) is 0 Å². The van der Waals surface area contributed by atoms with Crippen molar-refractivity contribution < 1.29 is 9.90 Å². The number of carbonyl (C=O) groups is 1. The van der Waals surface area contributed by atoms with Gasteiger partial charge in [0.15, 0.2) is 0 Å². The van der Waals surface area contributed by atoms with E-state index in [0.29, 0.717) is 0 Å². The van der Waals surface area contributed by atoms with Crippen molar-refractivity contribution in [3.63, 3.8) is 0 Å². The Morgan fingerprint density at radius 1 is 1.36 bits per heavy atom. The Morgan fingerprint density at radius 3 is 2.14 bits per heavy atom. The van der Waals surface area contributed by atoms with Crippen LogP contribution in [0.5, 0.6) is 0 Å². The topological polar surface area (TPSA) is 37.3 Å². The molecule has 0 amide bonds. The van der Waals surface area contributed by atoms with Gasteiger partial charge in [-0.2, -0.15) is 0 Å². The lowest BCUT2D eigenvalue weighted by molar-refractivity contribution is -0.145. The van der Waals surface area contributed by atoms with Crippen molar-refractivity contribution in [1.29, 1.82) is 0 Å². The molecule has 0 aromatic carbocycles. The Hall–Kier alpha value is -0.530. The molecular weight excluding hydrogens is 176 g/mol. The number of rotatable bonds is 5. The van der Waals surface area contributed by atoms with Gasteiger partial charge < -0.3 is 5.11 Å². The predicted octanol–water partition coefficient (Wildman–Crippen LogP) is 3.56. The third kappa shape index (κ3) is 4.12. The molecule has 2 unspecified atom stereocenters. The van der Waals surface area contributed by atoms with Crippen LogP contribution < -0.4 is 0 Å². The lowest BCUT2D eigenvalue weighted by Crippen LogP contribution is -2.31. The zero-order valence-electron chi connectivity index (χ0n) is 10.1. The van der Waals surface area contributed by atoms with Gasteiger partial charge in [-0.3, -0.25) is 4.79 Å². The fourth-order valence-electron chi connectivity index (χ4n) is 1.61. The Labute approximate surface area is 87.7 Å². The van der Waals surface area contributed by atoms with Gasteiger partial charge in [0.25, 0.3) is 0 Å². The first-order chi connectivity index (χ1) is 6.30. The molecule has 0 radical (unpaired) electrons. The van der Waals surface area contributed by atoms with E-state index in [1.54, 1.807) is 0 Å². The molecule has 84 valence electrons. The second kappa shape index (κ2) is 5.38. The highest BCUT2D eigenvalue weighted by Gasteiger charge is 2.32. The number of aliphatic carboxylic acids is 1. The molecular formula is C12H24O2. The summed E-state index contributed by atoms with van der Waals surface area (Å²) >= 11 is 0. The van der Waals surface area contributed by atoms with Crippen LogP contribution in [0.25, 0.3) is 0 Å². The highest BCUT2D eigenvalue weighted by molar-refractivity contribution is 5.70. The summed E-state index contributed by atoms with van der Waals surface area (Å²) in [6.45, 7) is 10.5. The van der Waals surface area contributed by atoms with Crippen molar-refractivity contribution in [3.05, 3.63) is 0 Å². The molecule has 2 heteroatoms. The van der Waals surface area contributed by atoms with Gasteiger partial charge in [0.05, 0.1) is 5.92 Å². The normalized spacial score (nSPS) is 16.4. The van der Waals surface area contributed by atoms with Crippen LogP contribution in [0.3, 0.4) is 0 Å². The van der Waals surface area contributed by atoms with E-state index in [-0.39, 0.29) is 17.3 Å². The van der Waals surface area contributed by atoms with E-state index >= 15 is 0 Å². The van der Waals surface area contributed by atoms with Crippen LogP contribution in [0.2, 0.25) is 0 Å². The minimum atomic E-state index is -0.638. The second-order valence-electron chi connectivity index (χ2n) is 5.24. The molecule has 0 aliphatic carbocycles. The molecule has 1 N–H and O–H groups in total. The summed E-state index contributed by atoms with van der Waals surface area (Å²) in [6.07, 6.45) is 2.89. The van der Waals surface area contributed by atoms with Gasteiger partial charge in [-0.05, 0) is 17.8 Å². The maximum absolute atomic E-state index is 11.1. The van der Waals surface area contributed by atoms with Crippen LogP contribution in [0, 0.1) is 17.3 Å². The molecule has 0 fully saturated rings. The van der Waals surface area contributed by atoms with E-state index in [4.69, 9.17) is 5.11 Å². The fourth-order valence-corrected chi connectivity index (χ4v) is 1.61. The van der Waals surface area contributed by atoms with E-state index in [9.17, 15) is 4.79 Å². The van der Waals surface area contributed by atoms with Gasteiger partial charge in [-0.15, -0.1) is 0 Å². The third-order valence-corrected chi connectivity index (χ3v) is 3.16. The van der Waals surface area contributed by atoms with E-state index in [1.165, 1.54) is 0 Å². The highest BCUT2D eigenvalue weighted by Crippen LogP contribution is 2.34. The van der Waals surface area contributed by atoms with Gasteiger partial charge in [-0.25, -0.2) is 0 Å². The smallest absolute Gasteiger partial charge is 0.306 e. The van der Waals surface area contributed by atoms with Gasteiger partial charge in [0.1, 0.15) is 0 Å². The van der Waals surface area contributed by atoms with Crippen molar-refractivity contribution >= 4 is 5.97 Å². The average molecular weight is 200 g/mol. The number of hydrogen-bond donors (Lipinski definition) is 1. The summed E-state index contributed by atoms with van der Waals surface area (Å²) in [5.74, 6) is -0.595. The molecule has 0 saturated heterocycles. The molecule has 0 aromatic heterocycles. The van der Waals surface area contributed by atoms with Crippen molar-refractivity contribution in [2.24, 2.45) is 17.3 Å². The summed E-state index contributed by atoms with van der Waals surface area (Å²) in [5.41, 5.74) is 0.0802. The minimum Gasteiger partial charge on any atom is -0.481 e. The van der Waals surface area contributed by atoms with Gasteiger partial charge in [-0.1, -0.05) is 47.5 Å². The number of unbranched alkanes of at least 4 members (excludes halogenated alkanes) is 1. The first kappa shape index (κ1) is 13.5. The molecule has 14 heavy (non-hydrogen) atoms. The molecule has 0 rings (SSSR count).